The van der Waals surface area contributed by atoms with E-state index in [4.69, 9.17) is 0 Å². The van der Waals surface area contributed by atoms with Crippen LogP contribution < -0.4 is 10.6 Å². The highest BCUT2D eigenvalue weighted by Crippen LogP contribution is 2.16. The average Bonchev–Trinajstić information content (AvgIpc) is 3.09. The molecule has 1 aliphatic rings. The molecule has 6 heteroatoms. The number of nitrogens with zero attached hydrogens (tertiary/aromatic N) is 2. The third kappa shape index (κ3) is 5.26. The molecule has 5 nitrogen and oxygen atoms in total. The van der Waals surface area contributed by atoms with Gasteiger partial charge >= 0.3 is 6.03 Å². The molecule has 1 saturated heterocycles. The second-order valence-corrected chi connectivity index (χ2v) is 6.38. The second-order valence-electron chi connectivity index (χ2n) is 6.38. The van der Waals surface area contributed by atoms with Crippen LogP contribution in [0.25, 0.3) is 0 Å². The molecule has 3 rings (SSSR count). The number of rotatable bonds is 6. The van der Waals surface area contributed by atoms with Gasteiger partial charge in [-0.1, -0.05) is 30.3 Å². The molecule has 0 saturated carbocycles. The van der Waals surface area contributed by atoms with Gasteiger partial charge in [-0.3, -0.25) is 4.98 Å². The van der Waals surface area contributed by atoms with E-state index in [9.17, 15) is 9.18 Å². The molecule has 0 bridgehead atoms. The number of carbonyl (C=O) groups excluding carboxylic acids is 1. The summed E-state index contributed by atoms with van der Waals surface area (Å²) in [4.78, 5) is 18.0. The molecule has 2 heterocycles. The number of halogens is 1. The monoisotopic (exact) mass is 342 g/mol. The van der Waals surface area contributed by atoms with Gasteiger partial charge in [-0.2, -0.15) is 0 Å². The molecule has 2 N–H and O–H groups in total. The molecule has 25 heavy (non-hydrogen) atoms. The number of likely N-dealkylation sites (tertiary alicyclic amines) is 1. The van der Waals surface area contributed by atoms with Gasteiger partial charge in [0.2, 0.25) is 0 Å². The zero-order valence-corrected chi connectivity index (χ0v) is 14.1. The van der Waals surface area contributed by atoms with E-state index in [1.165, 1.54) is 17.8 Å². The summed E-state index contributed by atoms with van der Waals surface area (Å²) in [6.45, 7) is 3.67. The van der Waals surface area contributed by atoms with Crippen molar-refractivity contribution in [1.82, 2.24) is 15.2 Å². The van der Waals surface area contributed by atoms with Crippen LogP contribution in [0.15, 0.2) is 48.8 Å². The summed E-state index contributed by atoms with van der Waals surface area (Å²) in [5, 5.41) is 5.34. The van der Waals surface area contributed by atoms with Gasteiger partial charge in [0, 0.05) is 25.8 Å². The number of hydrogen-bond donors (Lipinski definition) is 2. The summed E-state index contributed by atoms with van der Waals surface area (Å²) in [5.41, 5.74) is 1.49. The summed E-state index contributed by atoms with van der Waals surface area (Å²) in [7, 11) is 0. The van der Waals surface area contributed by atoms with Crippen molar-refractivity contribution in [2.75, 3.05) is 31.5 Å². The summed E-state index contributed by atoms with van der Waals surface area (Å²) in [5.74, 6) is -0.102. The van der Waals surface area contributed by atoms with Crippen LogP contribution in [-0.4, -0.2) is 42.1 Å². The normalized spacial score (nSPS) is 17.4. The number of nitrogens with one attached hydrogen (secondary N) is 2. The maximum Gasteiger partial charge on any atom is 0.319 e. The number of amides is 2. The minimum absolute atomic E-state index is 0.142. The highest BCUT2D eigenvalue weighted by Gasteiger charge is 2.22. The minimum atomic E-state index is -0.536. The lowest BCUT2D eigenvalue weighted by atomic mass is 10.1. The fourth-order valence-corrected chi connectivity index (χ4v) is 3.09. The Morgan fingerprint density at radius 2 is 2.12 bits per heavy atom. The molecule has 0 radical (unpaired) electrons. The van der Waals surface area contributed by atoms with Gasteiger partial charge in [0.15, 0.2) is 5.82 Å². The molecule has 2 aromatic rings. The molecule has 1 aromatic heterocycles. The van der Waals surface area contributed by atoms with E-state index in [0.29, 0.717) is 12.5 Å². The largest absolute Gasteiger partial charge is 0.338 e. The minimum Gasteiger partial charge on any atom is -0.338 e. The fraction of sp³-hybridized carbons (Fsp3) is 0.368. The Morgan fingerprint density at radius 1 is 1.28 bits per heavy atom. The molecular formula is C19H23FN4O. The molecule has 0 aliphatic carbocycles. The highest BCUT2D eigenvalue weighted by atomic mass is 19.1. The lowest BCUT2D eigenvalue weighted by Crippen LogP contribution is -2.34. The molecule has 132 valence electrons. The van der Waals surface area contributed by atoms with Crippen LogP contribution in [0, 0.1) is 11.7 Å². The fourth-order valence-electron chi connectivity index (χ4n) is 3.09. The van der Waals surface area contributed by atoms with Crippen LogP contribution in [0.5, 0.6) is 0 Å². The van der Waals surface area contributed by atoms with Crippen LogP contribution in [0.1, 0.15) is 12.0 Å². The lowest BCUT2D eigenvalue weighted by molar-refractivity contribution is 0.249. The Labute approximate surface area is 147 Å². The van der Waals surface area contributed by atoms with Gasteiger partial charge in [-0.05, 0) is 36.9 Å². The van der Waals surface area contributed by atoms with E-state index in [1.807, 2.05) is 6.07 Å². The SMILES string of the molecule is O=C(NCC1CCN(CCc2ccccc2)C1)Nc1ccncc1F. The Hall–Kier alpha value is -2.47. The third-order valence-electron chi connectivity index (χ3n) is 4.50. The van der Waals surface area contributed by atoms with Crippen LogP contribution >= 0.6 is 0 Å². The second kappa shape index (κ2) is 8.58. The molecule has 1 atom stereocenters. The predicted molar refractivity (Wildman–Crippen MR) is 95.9 cm³/mol. The first kappa shape index (κ1) is 17.4. The van der Waals surface area contributed by atoms with Gasteiger partial charge in [-0.25, -0.2) is 9.18 Å². The van der Waals surface area contributed by atoms with E-state index < -0.39 is 5.82 Å². The van der Waals surface area contributed by atoms with Crippen LogP contribution in [0.3, 0.4) is 0 Å². The van der Waals surface area contributed by atoms with Crippen LogP contribution in [-0.2, 0) is 6.42 Å². The Balaban J connectivity index is 1.37. The maximum atomic E-state index is 13.5. The summed E-state index contributed by atoms with van der Waals surface area (Å²) < 4.78 is 13.5. The summed E-state index contributed by atoms with van der Waals surface area (Å²) in [6.07, 6.45) is 4.64. The topological polar surface area (TPSA) is 57.3 Å². The van der Waals surface area contributed by atoms with Crippen LogP contribution in [0.2, 0.25) is 0 Å². The predicted octanol–water partition coefficient (Wildman–Crippen LogP) is 2.91. The van der Waals surface area contributed by atoms with Crippen molar-refractivity contribution >= 4 is 11.7 Å². The molecule has 1 aromatic carbocycles. The van der Waals surface area contributed by atoms with Crippen molar-refractivity contribution < 1.29 is 9.18 Å². The summed E-state index contributed by atoms with van der Waals surface area (Å²) >= 11 is 0. The van der Waals surface area contributed by atoms with E-state index in [0.717, 1.165) is 38.7 Å². The number of carbonyl (C=O) groups is 1. The van der Waals surface area contributed by atoms with Crippen LogP contribution in [0.4, 0.5) is 14.9 Å². The van der Waals surface area contributed by atoms with Crippen molar-refractivity contribution in [3.05, 3.63) is 60.2 Å². The van der Waals surface area contributed by atoms with Gasteiger partial charge in [0.25, 0.3) is 0 Å². The third-order valence-corrected chi connectivity index (χ3v) is 4.50. The van der Waals surface area contributed by atoms with Crippen molar-refractivity contribution in [3.63, 3.8) is 0 Å². The van der Waals surface area contributed by atoms with Crippen molar-refractivity contribution in [3.8, 4) is 0 Å². The van der Waals surface area contributed by atoms with Crippen molar-refractivity contribution in [2.24, 2.45) is 5.92 Å². The number of aromatic nitrogens is 1. The molecule has 2 amide bonds. The smallest absolute Gasteiger partial charge is 0.319 e. The van der Waals surface area contributed by atoms with Crippen molar-refractivity contribution in [2.45, 2.75) is 12.8 Å². The number of hydrogen-bond acceptors (Lipinski definition) is 3. The van der Waals surface area contributed by atoms with Crippen molar-refractivity contribution in [1.29, 1.82) is 0 Å². The Morgan fingerprint density at radius 3 is 2.92 bits per heavy atom. The van der Waals surface area contributed by atoms with Gasteiger partial charge in [-0.15, -0.1) is 0 Å². The molecule has 0 spiro atoms. The van der Waals surface area contributed by atoms with E-state index in [1.54, 1.807) is 0 Å². The zero-order valence-electron chi connectivity index (χ0n) is 14.1. The lowest BCUT2D eigenvalue weighted by Gasteiger charge is -2.16. The van der Waals surface area contributed by atoms with Gasteiger partial charge in [0.1, 0.15) is 0 Å². The standard InChI is InChI=1S/C19H23FN4O/c20-17-13-21-9-6-18(17)23-19(25)22-12-16-8-11-24(14-16)10-7-15-4-2-1-3-5-15/h1-6,9,13,16H,7-8,10-12,14H2,(H2,21,22,23,25). The molecule has 1 unspecified atom stereocenters. The number of benzene rings is 1. The quantitative estimate of drug-likeness (QED) is 0.849. The van der Waals surface area contributed by atoms with E-state index in [2.05, 4.69) is 44.8 Å². The zero-order chi connectivity index (χ0) is 17.5. The Kier molecular flexibility index (Phi) is 5.95. The van der Waals surface area contributed by atoms with E-state index >= 15 is 0 Å². The first-order valence-corrected chi connectivity index (χ1v) is 8.61. The van der Waals surface area contributed by atoms with Gasteiger partial charge in [0.05, 0.1) is 11.9 Å². The first-order valence-electron chi connectivity index (χ1n) is 8.61. The van der Waals surface area contributed by atoms with E-state index in [-0.39, 0.29) is 11.7 Å². The first-order chi connectivity index (χ1) is 12.2. The van der Waals surface area contributed by atoms with Gasteiger partial charge < -0.3 is 15.5 Å². The molecular weight excluding hydrogens is 319 g/mol. The number of pyridine rings is 1. The maximum absolute atomic E-state index is 13.5. The molecule has 1 aliphatic heterocycles. The Bertz CT molecular complexity index is 695. The number of anilines is 1. The summed E-state index contributed by atoms with van der Waals surface area (Å²) in [6, 6.07) is 11.5. The molecule has 1 fully saturated rings. The highest BCUT2D eigenvalue weighted by molar-refractivity contribution is 5.89. The number of urea groups is 1. The average molecular weight is 342 g/mol.